The van der Waals surface area contributed by atoms with E-state index in [0.29, 0.717) is 6.54 Å². The molecule has 2 fully saturated rings. The molecule has 2 aliphatic rings. The Kier molecular flexibility index (Phi) is 16.9. The smallest absolute Gasteiger partial charge is 0.249 e. The molecule has 236 valence electrons. The minimum atomic E-state index is -1.29. The summed E-state index contributed by atoms with van der Waals surface area (Å²) in [6.45, 7) is 2.50. The highest BCUT2D eigenvalue weighted by atomic mass is 16.7. The molecular formula is C26H54N6O8. The first-order chi connectivity index (χ1) is 19.2. The van der Waals surface area contributed by atoms with Crippen molar-refractivity contribution in [3.05, 3.63) is 0 Å². The van der Waals surface area contributed by atoms with Gasteiger partial charge in [0.1, 0.15) is 36.6 Å². The molecule has 1 heterocycles. The molecule has 40 heavy (non-hydrogen) atoms. The fraction of sp³-hybridized carbons (Fsp3) is 0.962. The minimum Gasteiger partial charge on any atom is -0.390 e. The number of rotatable bonds is 19. The van der Waals surface area contributed by atoms with Crippen molar-refractivity contribution in [3.8, 4) is 0 Å². The molecule has 0 bridgehead atoms. The number of amides is 1. The van der Waals surface area contributed by atoms with Crippen LogP contribution >= 0.6 is 0 Å². The third kappa shape index (κ3) is 11.3. The van der Waals surface area contributed by atoms with Crippen LogP contribution in [0.25, 0.3) is 0 Å². The van der Waals surface area contributed by atoms with Crippen molar-refractivity contribution in [2.24, 2.45) is 22.9 Å². The van der Waals surface area contributed by atoms with Crippen LogP contribution < -0.4 is 33.6 Å². The summed E-state index contributed by atoms with van der Waals surface area (Å²) in [5.74, 6) is -0.620. The first-order valence-electron chi connectivity index (χ1n) is 14.7. The Labute approximate surface area is 237 Å². The lowest BCUT2D eigenvalue weighted by Gasteiger charge is -2.46. The number of carbonyl (C=O) groups excluding carboxylic acids is 1. The normalized spacial score (nSPS) is 33.5. The molecule has 14 N–H and O–H groups in total. The summed E-state index contributed by atoms with van der Waals surface area (Å²) >= 11 is 0. The second-order valence-corrected chi connectivity index (χ2v) is 10.8. The number of hydrogen-bond donors (Lipinski definition) is 10. The number of nitrogens with one attached hydrogen (secondary N) is 2. The lowest BCUT2D eigenvalue weighted by atomic mass is 9.83. The summed E-state index contributed by atoms with van der Waals surface area (Å²) in [5.41, 5.74) is 23.0. The van der Waals surface area contributed by atoms with Gasteiger partial charge < -0.3 is 68.2 Å². The molecule has 10 atom stereocenters. The Hall–Kier alpha value is -1.01. The Morgan fingerprint density at radius 1 is 0.925 bits per heavy atom. The summed E-state index contributed by atoms with van der Waals surface area (Å²) in [7, 11) is 0. The number of ether oxygens (including phenoxy) is 3. The van der Waals surface area contributed by atoms with Gasteiger partial charge in [-0.25, -0.2) is 0 Å². The van der Waals surface area contributed by atoms with Crippen molar-refractivity contribution in [3.63, 3.8) is 0 Å². The summed E-state index contributed by atoms with van der Waals surface area (Å²) in [6, 6.07) is -1.41. The predicted octanol–water partition coefficient (Wildman–Crippen LogP) is -3.27. The quantitative estimate of drug-likeness (QED) is 0.0676. The third-order valence-electron chi connectivity index (χ3n) is 7.56. The second kappa shape index (κ2) is 19.2. The monoisotopic (exact) mass is 578 g/mol. The van der Waals surface area contributed by atoms with Crippen LogP contribution in [0, 0.1) is 0 Å². The topological polar surface area (TPSA) is 254 Å². The van der Waals surface area contributed by atoms with Crippen molar-refractivity contribution in [2.75, 3.05) is 39.3 Å². The zero-order valence-electron chi connectivity index (χ0n) is 23.6. The first-order valence-corrected chi connectivity index (χ1v) is 14.7. The van der Waals surface area contributed by atoms with E-state index in [4.69, 9.17) is 37.1 Å². The fourth-order valence-electron chi connectivity index (χ4n) is 5.21. The zero-order chi connectivity index (χ0) is 29.5. The molecule has 0 aromatic rings. The molecule has 3 unspecified atom stereocenters. The fourth-order valence-corrected chi connectivity index (χ4v) is 5.21. The Balaban J connectivity index is 1.93. The van der Waals surface area contributed by atoms with Gasteiger partial charge in [-0.2, -0.15) is 0 Å². The van der Waals surface area contributed by atoms with E-state index in [9.17, 15) is 25.2 Å². The SMILES string of the molecule is NCCCCCCCCNCCOC1[C@@H](O)[C@H](O[C@@H]2C[C@@H](O)[C@H](O)C(CN)O2)C(N)C[C@H]1NC(=O)[C@@H](O)CCN. The van der Waals surface area contributed by atoms with Gasteiger partial charge in [0.2, 0.25) is 5.91 Å². The van der Waals surface area contributed by atoms with Gasteiger partial charge in [0.15, 0.2) is 6.29 Å². The molecule has 1 aliphatic carbocycles. The largest absolute Gasteiger partial charge is 0.390 e. The predicted molar refractivity (Wildman–Crippen MR) is 149 cm³/mol. The van der Waals surface area contributed by atoms with E-state index >= 15 is 0 Å². The van der Waals surface area contributed by atoms with E-state index in [-0.39, 0.29) is 39.0 Å². The highest BCUT2D eigenvalue weighted by Crippen LogP contribution is 2.29. The molecule has 0 aromatic carbocycles. The Bertz CT molecular complexity index is 698. The van der Waals surface area contributed by atoms with E-state index in [1.54, 1.807) is 0 Å². The van der Waals surface area contributed by atoms with Crippen LogP contribution in [0.1, 0.15) is 57.8 Å². The highest BCUT2D eigenvalue weighted by molar-refractivity contribution is 5.80. The third-order valence-corrected chi connectivity index (χ3v) is 7.56. The molecular weight excluding hydrogens is 524 g/mol. The van der Waals surface area contributed by atoms with Crippen LogP contribution in [0.15, 0.2) is 0 Å². The van der Waals surface area contributed by atoms with Crippen molar-refractivity contribution < 1.29 is 39.4 Å². The lowest BCUT2D eigenvalue weighted by molar-refractivity contribution is -0.282. The van der Waals surface area contributed by atoms with Crippen molar-refractivity contribution in [1.82, 2.24) is 10.6 Å². The number of carbonyl (C=O) groups is 1. The number of aliphatic hydroxyl groups is 4. The first kappa shape index (κ1) is 35.2. The van der Waals surface area contributed by atoms with Crippen molar-refractivity contribution in [2.45, 2.75) is 119 Å². The highest BCUT2D eigenvalue weighted by Gasteiger charge is 2.47. The van der Waals surface area contributed by atoms with Gasteiger partial charge in [0.05, 0.1) is 18.8 Å². The number of aliphatic hydroxyl groups excluding tert-OH is 4. The summed E-state index contributed by atoms with van der Waals surface area (Å²) in [6.07, 6.45) is -1.34. The van der Waals surface area contributed by atoms with E-state index in [2.05, 4.69) is 10.6 Å². The molecule has 0 aromatic heterocycles. The van der Waals surface area contributed by atoms with Crippen molar-refractivity contribution in [1.29, 1.82) is 0 Å². The maximum atomic E-state index is 12.5. The number of unbranched alkanes of at least 4 members (excludes halogenated alkanes) is 5. The molecule has 0 radical (unpaired) electrons. The van der Waals surface area contributed by atoms with Crippen LogP contribution in [0.5, 0.6) is 0 Å². The molecule has 1 aliphatic heterocycles. The standard InChI is InChI=1S/C26H54N6O8/c27-8-5-3-1-2-4-6-10-31-11-12-38-25-17(32-26(37)18(33)7-9-28)13-16(30)24(23(25)36)40-21-14-19(34)22(35)20(15-29)39-21/h16-25,31,33-36H,1-15,27-30H2,(H,32,37)/t16?,17-,18+,19-,20?,21-,22+,23+,24-,25?/m1/s1. The zero-order valence-corrected chi connectivity index (χ0v) is 23.6. The molecule has 2 rings (SSSR count). The number of hydrogen-bond acceptors (Lipinski definition) is 13. The van der Waals surface area contributed by atoms with Crippen LogP contribution in [0.3, 0.4) is 0 Å². The maximum Gasteiger partial charge on any atom is 0.249 e. The molecule has 1 saturated heterocycles. The summed E-state index contributed by atoms with van der Waals surface area (Å²) in [4.78, 5) is 12.5. The van der Waals surface area contributed by atoms with Crippen LogP contribution in [-0.4, -0.2) is 127 Å². The molecule has 1 saturated carbocycles. The summed E-state index contributed by atoms with van der Waals surface area (Å²) < 4.78 is 17.7. The molecule has 14 heteroatoms. The van der Waals surface area contributed by atoms with Gasteiger partial charge in [0, 0.05) is 25.6 Å². The number of nitrogens with two attached hydrogens (primary N) is 4. The van der Waals surface area contributed by atoms with Gasteiger partial charge in [0.25, 0.3) is 0 Å². The minimum absolute atomic E-state index is 0.0242. The van der Waals surface area contributed by atoms with E-state index in [1.807, 2.05) is 0 Å². The summed E-state index contributed by atoms with van der Waals surface area (Å²) in [5, 5.41) is 47.7. The van der Waals surface area contributed by atoms with E-state index < -0.39 is 67.0 Å². The average molecular weight is 579 g/mol. The van der Waals surface area contributed by atoms with Gasteiger partial charge in [-0.05, 0) is 45.3 Å². The van der Waals surface area contributed by atoms with Gasteiger partial charge in [-0.3, -0.25) is 4.79 Å². The van der Waals surface area contributed by atoms with Gasteiger partial charge in [-0.15, -0.1) is 0 Å². The second-order valence-electron chi connectivity index (χ2n) is 10.8. The van der Waals surface area contributed by atoms with Crippen molar-refractivity contribution >= 4 is 5.91 Å². The van der Waals surface area contributed by atoms with Crippen LogP contribution in [0.4, 0.5) is 0 Å². The molecule has 1 amide bonds. The molecule has 14 nitrogen and oxygen atoms in total. The molecule has 0 spiro atoms. The average Bonchev–Trinajstić information content (AvgIpc) is 2.92. The maximum absolute atomic E-state index is 12.5. The lowest BCUT2D eigenvalue weighted by Crippen LogP contribution is -2.66. The Morgan fingerprint density at radius 3 is 2.30 bits per heavy atom. The van der Waals surface area contributed by atoms with E-state index in [1.165, 1.54) is 19.3 Å². The van der Waals surface area contributed by atoms with Gasteiger partial charge >= 0.3 is 0 Å². The van der Waals surface area contributed by atoms with E-state index in [0.717, 1.165) is 32.4 Å². The van der Waals surface area contributed by atoms with Gasteiger partial charge in [-0.1, -0.05) is 25.7 Å². The Morgan fingerprint density at radius 2 is 1.62 bits per heavy atom. The van der Waals surface area contributed by atoms with Crippen LogP contribution in [0.2, 0.25) is 0 Å². The van der Waals surface area contributed by atoms with Crippen LogP contribution in [-0.2, 0) is 19.0 Å².